The van der Waals surface area contributed by atoms with Gasteiger partial charge < -0.3 is 18.7 Å². The second-order valence-corrected chi connectivity index (χ2v) is 26.2. The third-order valence-corrected chi connectivity index (χ3v) is 19.6. The molecule has 16 rings (SSSR count). The number of para-hydroxylation sites is 3. The standard InChI is InChI=1S/C74H64BN3O/c1-71(2)33-34-72(3,4)59-40-51(29-31-58(59)71)78-64-41-50(76(48-21-11-9-12-22-48)49-23-13-10-14-24-49)28-30-52(64)56-42-54(47-27-32-67-55(38-47)53-25-17-18-26-66(53)79-67)68-57-37-45-19-15-16-20-46(45)39-63(57)77-65-44-61-60(73(5,6)35-36-74(61,7)8)43-62(65)75(78)69(56)70(68)77/h9-32,37-44H,33-36H2,1-8H3. The van der Waals surface area contributed by atoms with Gasteiger partial charge in [0, 0.05) is 61.2 Å². The third kappa shape index (κ3) is 6.68. The smallest absolute Gasteiger partial charge is 0.333 e. The molecule has 2 aliphatic carbocycles. The summed E-state index contributed by atoms with van der Waals surface area (Å²) >= 11 is 0. The normalized spacial score (nSPS) is 17.0. The Morgan fingerprint density at radius 1 is 0.430 bits per heavy atom. The molecule has 4 aliphatic rings. The van der Waals surface area contributed by atoms with E-state index in [1.807, 2.05) is 0 Å². The molecule has 10 aromatic carbocycles. The molecule has 384 valence electrons. The van der Waals surface area contributed by atoms with Crippen LogP contribution in [0.5, 0.6) is 0 Å². The van der Waals surface area contributed by atoms with Crippen LogP contribution in [0.2, 0.25) is 0 Å². The quantitative estimate of drug-likeness (QED) is 0.161. The van der Waals surface area contributed by atoms with Crippen LogP contribution in [0, 0.1) is 0 Å². The molecule has 4 nitrogen and oxygen atoms in total. The van der Waals surface area contributed by atoms with Crippen molar-refractivity contribution in [3.05, 3.63) is 216 Å². The minimum atomic E-state index is -0.165. The fraction of sp³-hybridized carbons (Fsp3) is 0.216. The number of aromatic nitrogens is 1. The number of furan rings is 1. The Bertz CT molecular complexity index is 4530. The Balaban J connectivity index is 1.09. The summed E-state index contributed by atoms with van der Waals surface area (Å²) in [7, 11) is 0. The molecule has 2 aromatic heterocycles. The highest BCUT2D eigenvalue weighted by molar-refractivity contribution is 6.93. The van der Waals surface area contributed by atoms with Crippen LogP contribution in [0.4, 0.5) is 28.4 Å². The summed E-state index contributed by atoms with van der Waals surface area (Å²) in [6, 6.07) is 74.0. The second kappa shape index (κ2) is 16.2. The minimum Gasteiger partial charge on any atom is -0.456 e. The zero-order valence-corrected chi connectivity index (χ0v) is 46.6. The Morgan fingerprint density at radius 3 is 1.75 bits per heavy atom. The molecule has 0 spiro atoms. The maximum absolute atomic E-state index is 6.52. The van der Waals surface area contributed by atoms with Crippen molar-refractivity contribution in [2.45, 2.75) is 103 Å². The van der Waals surface area contributed by atoms with E-state index in [1.54, 1.807) is 0 Å². The lowest BCUT2D eigenvalue weighted by Gasteiger charge is -2.47. The number of benzene rings is 10. The van der Waals surface area contributed by atoms with Crippen LogP contribution < -0.4 is 20.6 Å². The van der Waals surface area contributed by atoms with Gasteiger partial charge in [0.05, 0.1) is 11.0 Å². The van der Waals surface area contributed by atoms with Crippen LogP contribution in [0.1, 0.15) is 103 Å². The summed E-state index contributed by atoms with van der Waals surface area (Å²) in [6.07, 6.45) is 4.59. The first kappa shape index (κ1) is 46.8. The first-order chi connectivity index (χ1) is 38.1. The maximum atomic E-state index is 6.52. The zero-order chi connectivity index (χ0) is 53.5. The van der Waals surface area contributed by atoms with Gasteiger partial charge in [0.15, 0.2) is 0 Å². The predicted octanol–water partition coefficient (Wildman–Crippen LogP) is 18.9. The molecule has 79 heavy (non-hydrogen) atoms. The molecular weight excluding hydrogens is 958 g/mol. The fourth-order valence-electron chi connectivity index (χ4n) is 15.1. The summed E-state index contributed by atoms with van der Waals surface area (Å²) in [4.78, 5) is 5.23. The average molecular weight is 1020 g/mol. The van der Waals surface area contributed by atoms with Crippen molar-refractivity contribution < 1.29 is 4.42 Å². The second-order valence-electron chi connectivity index (χ2n) is 26.2. The van der Waals surface area contributed by atoms with E-state index in [4.69, 9.17) is 4.42 Å². The van der Waals surface area contributed by atoms with Crippen molar-refractivity contribution in [3.63, 3.8) is 0 Å². The van der Waals surface area contributed by atoms with E-state index < -0.39 is 0 Å². The number of rotatable bonds is 5. The Kier molecular flexibility index (Phi) is 9.57. The van der Waals surface area contributed by atoms with Gasteiger partial charge in [-0.15, -0.1) is 0 Å². The van der Waals surface area contributed by atoms with Crippen molar-refractivity contribution >= 4 is 101 Å². The SMILES string of the molecule is CC1(C)CCC(C)(C)c2cc(N3B4c5cc6c(cc5-n5c7cc8ccccc8cc7c7c(-c8ccc9oc%10ccccc%10c9c8)cc(c4c75)-c4ccc(N(c5ccccc5)c5ccccc5)cc43)C(C)(C)CCC6(C)C)ccc21. The Labute approximate surface area is 464 Å². The monoisotopic (exact) mass is 1020 g/mol. The van der Waals surface area contributed by atoms with Crippen molar-refractivity contribution in [2.75, 3.05) is 9.71 Å². The van der Waals surface area contributed by atoms with Gasteiger partial charge in [0.1, 0.15) is 11.2 Å². The van der Waals surface area contributed by atoms with E-state index in [-0.39, 0.29) is 28.5 Å². The molecule has 0 bridgehead atoms. The van der Waals surface area contributed by atoms with E-state index >= 15 is 0 Å². The molecule has 12 aromatic rings. The van der Waals surface area contributed by atoms with E-state index in [1.165, 1.54) is 111 Å². The van der Waals surface area contributed by atoms with Crippen molar-refractivity contribution in [1.82, 2.24) is 4.57 Å². The number of anilines is 5. The molecule has 0 saturated heterocycles. The van der Waals surface area contributed by atoms with Crippen molar-refractivity contribution in [3.8, 4) is 27.9 Å². The van der Waals surface area contributed by atoms with Crippen LogP contribution in [0.25, 0.3) is 82.5 Å². The van der Waals surface area contributed by atoms with Crippen molar-refractivity contribution in [2.24, 2.45) is 0 Å². The average Bonchev–Trinajstić information content (AvgIpc) is 3.35. The summed E-state index contributed by atoms with van der Waals surface area (Å²) in [5.41, 5.74) is 25.1. The first-order valence-corrected chi connectivity index (χ1v) is 28.8. The molecule has 2 aliphatic heterocycles. The van der Waals surface area contributed by atoms with Gasteiger partial charge in [-0.1, -0.05) is 159 Å². The molecule has 0 fully saturated rings. The van der Waals surface area contributed by atoms with E-state index in [0.717, 1.165) is 58.3 Å². The van der Waals surface area contributed by atoms with Crippen LogP contribution in [-0.2, 0) is 21.7 Å². The lowest BCUT2D eigenvalue weighted by atomic mass is 9.43. The van der Waals surface area contributed by atoms with Crippen LogP contribution >= 0.6 is 0 Å². The molecule has 4 heterocycles. The Morgan fingerprint density at radius 2 is 1.04 bits per heavy atom. The van der Waals surface area contributed by atoms with E-state index in [9.17, 15) is 0 Å². The first-order valence-electron chi connectivity index (χ1n) is 28.8. The molecule has 0 radical (unpaired) electrons. The van der Waals surface area contributed by atoms with Gasteiger partial charge in [0.25, 0.3) is 0 Å². The summed E-state index contributed by atoms with van der Waals surface area (Å²) in [5.74, 6) is 0. The molecule has 0 atom stereocenters. The van der Waals surface area contributed by atoms with Crippen LogP contribution in [0.15, 0.2) is 199 Å². The summed E-state index contributed by atoms with van der Waals surface area (Å²) in [6.45, 7) is 19.6. The lowest BCUT2D eigenvalue weighted by Crippen LogP contribution is -2.61. The zero-order valence-electron chi connectivity index (χ0n) is 46.6. The minimum absolute atomic E-state index is 0.00627. The van der Waals surface area contributed by atoms with Crippen LogP contribution in [-0.4, -0.2) is 11.4 Å². The topological polar surface area (TPSA) is 24.6 Å². The molecule has 0 amide bonds. The molecule has 0 N–H and O–H groups in total. The predicted molar refractivity (Wildman–Crippen MR) is 335 cm³/mol. The third-order valence-electron chi connectivity index (χ3n) is 19.6. The summed E-state index contributed by atoms with van der Waals surface area (Å²) < 4.78 is 9.24. The largest absolute Gasteiger partial charge is 0.456 e. The highest BCUT2D eigenvalue weighted by Crippen LogP contribution is 2.54. The molecular formula is C74H64BN3O. The maximum Gasteiger partial charge on any atom is 0.333 e. The van der Waals surface area contributed by atoms with Gasteiger partial charge in [-0.25, -0.2) is 0 Å². The molecule has 0 unspecified atom stereocenters. The highest BCUT2D eigenvalue weighted by Gasteiger charge is 2.48. The summed E-state index contributed by atoms with van der Waals surface area (Å²) in [5, 5.41) is 7.35. The van der Waals surface area contributed by atoms with Crippen LogP contribution in [0.3, 0.4) is 0 Å². The van der Waals surface area contributed by atoms with E-state index in [0.29, 0.717) is 0 Å². The Hall–Kier alpha value is -8.28. The number of fused-ring (bicyclic) bond motifs is 14. The molecule has 0 saturated carbocycles. The molecule has 5 heteroatoms. The number of hydrogen-bond acceptors (Lipinski definition) is 3. The highest BCUT2D eigenvalue weighted by atomic mass is 16.3. The van der Waals surface area contributed by atoms with E-state index in [2.05, 4.69) is 264 Å². The number of nitrogens with zero attached hydrogens (tertiary/aromatic N) is 3. The number of hydrogen-bond donors (Lipinski definition) is 0. The van der Waals surface area contributed by atoms with Gasteiger partial charge in [-0.3, -0.25) is 0 Å². The fourth-order valence-corrected chi connectivity index (χ4v) is 15.1. The lowest BCUT2D eigenvalue weighted by molar-refractivity contribution is 0.332. The van der Waals surface area contributed by atoms with Gasteiger partial charge in [-0.05, 0) is 199 Å². The van der Waals surface area contributed by atoms with Gasteiger partial charge >= 0.3 is 6.85 Å². The van der Waals surface area contributed by atoms with Crippen molar-refractivity contribution in [1.29, 1.82) is 0 Å². The van der Waals surface area contributed by atoms with Gasteiger partial charge in [0.2, 0.25) is 0 Å². The van der Waals surface area contributed by atoms with Gasteiger partial charge in [-0.2, -0.15) is 0 Å².